The van der Waals surface area contributed by atoms with Gasteiger partial charge < -0.3 is 14.7 Å². The van der Waals surface area contributed by atoms with Crippen molar-refractivity contribution in [2.24, 2.45) is 5.92 Å². The summed E-state index contributed by atoms with van der Waals surface area (Å²) in [6.45, 7) is 4.61. The molecule has 0 spiro atoms. The molecule has 1 aromatic rings. The van der Waals surface area contributed by atoms with Gasteiger partial charge in [-0.15, -0.1) is 0 Å². The second-order valence-electron chi connectivity index (χ2n) is 6.37. The Morgan fingerprint density at radius 2 is 2.05 bits per heavy atom. The molecule has 1 fully saturated rings. The highest BCUT2D eigenvalue weighted by atomic mass is 16.5. The molecule has 122 valence electrons. The van der Waals surface area contributed by atoms with E-state index in [2.05, 4.69) is 0 Å². The predicted molar refractivity (Wildman–Crippen MR) is 86.9 cm³/mol. The van der Waals surface area contributed by atoms with Gasteiger partial charge in [-0.25, -0.2) is 0 Å². The SMILES string of the molecule is COc1ccc(CC(C)C(=O)N2CCCC2CC(C)O)cc1. The fourth-order valence-corrected chi connectivity index (χ4v) is 3.25. The minimum atomic E-state index is -0.352. The van der Waals surface area contributed by atoms with E-state index in [0.717, 1.165) is 37.1 Å². The molecule has 0 saturated carbocycles. The van der Waals surface area contributed by atoms with Crippen LogP contribution in [0.2, 0.25) is 0 Å². The molecule has 3 unspecified atom stereocenters. The first-order chi connectivity index (χ1) is 10.5. The molecule has 4 heteroatoms. The maximum absolute atomic E-state index is 12.7. The van der Waals surface area contributed by atoms with Crippen LogP contribution in [-0.4, -0.2) is 41.7 Å². The number of carbonyl (C=O) groups excluding carboxylic acids is 1. The van der Waals surface area contributed by atoms with E-state index >= 15 is 0 Å². The first-order valence-corrected chi connectivity index (χ1v) is 8.12. The molecular formula is C18H27NO3. The molecule has 0 radical (unpaired) electrons. The Kier molecular flexibility index (Phi) is 5.83. The summed E-state index contributed by atoms with van der Waals surface area (Å²) in [5.74, 6) is 1.00. The van der Waals surface area contributed by atoms with Crippen molar-refractivity contribution in [1.82, 2.24) is 4.90 Å². The second kappa shape index (κ2) is 7.63. The molecule has 3 atom stereocenters. The number of carbonyl (C=O) groups is 1. The van der Waals surface area contributed by atoms with Crippen molar-refractivity contribution in [1.29, 1.82) is 0 Å². The van der Waals surface area contributed by atoms with Crippen LogP contribution >= 0.6 is 0 Å². The van der Waals surface area contributed by atoms with Gasteiger partial charge in [0.15, 0.2) is 0 Å². The molecule has 1 aromatic carbocycles. The van der Waals surface area contributed by atoms with E-state index in [1.165, 1.54) is 0 Å². The van der Waals surface area contributed by atoms with Gasteiger partial charge >= 0.3 is 0 Å². The molecule has 1 N–H and O–H groups in total. The maximum atomic E-state index is 12.7. The van der Waals surface area contributed by atoms with Crippen molar-refractivity contribution >= 4 is 5.91 Å². The number of benzene rings is 1. The molecule has 0 bridgehead atoms. The van der Waals surface area contributed by atoms with E-state index in [1.807, 2.05) is 36.1 Å². The largest absolute Gasteiger partial charge is 0.497 e. The lowest BCUT2D eigenvalue weighted by atomic mass is 9.98. The number of ether oxygens (including phenoxy) is 1. The van der Waals surface area contributed by atoms with Crippen LogP contribution in [0.15, 0.2) is 24.3 Å². The molecule has 1 saturated heterocycles. The quantitative estimate of drug-likeness (QED) is 0.879. The predicted octanol–water partition coefficient (Wildman–Crippen LogP) is 2.64. The molecule has 2 rings (SSSR count). The summed E-state index contributed by atoms with van der Waals surface area (Å²) in [6, 6.07) is 8.09. The Balaban J connectivity index is 1.95. The molecule has 1 aliphatic heterocycles. The third-order valence-electron chi connectivity index (χ3n) is 4.40. The van der Waals surface area contributed by atoms with Gasteiger partial charge in [-0.2, -0.15) is 0 Å². The maximum Gasteiger partial charge on any atom is 0.225 e. The zero-order chi connectivity index (χ0) is 16.1. The number of nitrogens with zero attached hydrogens (tertiary/aromatic N) is 1. The van der Waals surface area contributed by atoms with Crippen LogP contribution in [-0.2, 0) is 11.2 Å². The van der Waals surface area contributed by atoms with Crippen molar-refractivity contribution in [3.63, 3.8) is 0 Å². The number of methoxy groups -OCH3 is 1. The smallest absolute Gasteiger partial charge is 0.225 e. The van der Waals surface area contributed by atoms with Gasteiger partial charge in [-0.1, -0.05) is 19.1 Å². The fraction of sp³-hybridized carbons (Fsp3) is 0.611. The van der Waals surface area contributed by atoms with Crippen LogP contribution in [0.4, 0.5) is 0 Å². The second-order valence-corrected chi connectivity index (χ2v) is 6.37. The van der Waals surface area contributed by atoms with Crippen molar-refractivity contribution < 1.29 is 14.6 Å². The lowest BCUT2D eigenvalue weighted by Crippen LogP contribution is -2.40. The first-order valence-electron chi connectivity index (χ1n) is 8.12. The number of hydrogen-bond donors (Lipinski definition) is 1. The summed E-state index contributed by atoms with van der Waals surface area (Å²) < 4.78 is 5.16. The van der Waals surface area contributed by atoms with Crippen LogP contribution in [0.25, 0.3) is 0 Å². The van der Waals surface area contributed by atoms with Crippen LogP contribution in [0.5, 0.6) is 5.75 Å². The van der Waals surface area contributed by atoms with Gasteiger partial charge in [0.05, 0.1) is 13.2 Å². The molecule has 1 amide bonds. The summed E-state index contributed by atoms with van der Waals surface area (Å²) in [6.07, 6.45) is 3.11. The number of amides is 1. The third-order valence-corrected chi connectivity index (χ3v) is 4.40. The molecule has 22 heavy (non-hydrogen) atoms. The first kappa shape index (κ1) is 16.8. The van der Waals surface area contributed by atoms with Gasteiger partial charge in [0.2, 0.25) is 5.91 Å². The normalized spacial score (nSPS) is 20.7. The number of hydrogen-bond acceptors (Lipinski definition) is 3. The molecule has 0 aliphatic carbocycles. The van der Waals surface area contributed by atoms with Gasteiger partial charge in [-0.3, -0.25) is 4.79 Å². The van der Waals surface area contributed by atoms with Crippen LogP contribution in [0, 0.1) is 5.92 Å². The van der Waals surface area contributed by atoms with Crippen LogP contribution in [0.3, 0.4) is 0 Å². The summed E-state index contributed by atoms with van der Waals surface area (Å²) in [5, 5.41) is 9.59. The number of aliphatic hydroxyl groups excluding tert-OH is 1. The zero-order valence-corrected chi connectivity index (χ0v) is 13.8. The fourth-order valence-electron chi connectivity index (χ4n) is 3.25. The monoisotopic (exact) mass is 305 g/mol. The van der Waals surface area contributed by atoms with Gasteiger partial charge in [0, 0.05) is 18.5 Å². The minimum absolute atomic E-state index is 0.0389. The Morgan fingerprint density at radius 3 is 2.64 bits per heavy atom. The van der Waals surface area contributed by atoms with E-state index in [0.29, 0.717) is 6.42 Å². The van der Waals surface area contributed by atoms with Crippen molar-refractivity contribution in [2.45, 2.75) is 51.7 Å². The lowest BCUT2D eigenvalue weighted by Gasteiger charge is -2.28. The topological polar surface area (TPSA) is 49.8 Å². The average molecular weight is 305 g/mol. The number of rotatable bonds is 6. The Hall–Kier alpha value is -1.55. The van der Waals surface area contributed by atoms with E-state index in [4.69, 9.17) is 4.74 Å². The summed E-state index contributed by atoms with van der Waals surface area (Å²) in [7, 11) is 1.65. The Bertz CT molecular complexity index is 484. The van der Waals surface area contributed by atoms with E-state index in [1.54, 1.807) is 14.0 Å². The Labute approximate surface area is 133 Å². The summed E-state index contributed by atoms with van der Waals surface area (Å²) in [4.78, 5) is 14.7. The Morgan fingerprint density at radius 1 is 1.36 bits per heavy atom. The highest BCUT2D eigenvalue weighted by Gasteiger charge is 2.31. The number of likely N-dealkylation sites (tertiary alicyclic amines) is 1. The van der Waals surface area contributed by atoms with E-state index < -0.39 is 0 Å². The zero-order valence-electron chi connectivity index (χ0n) is 13.8. The van der Waals surface area contributed by atoms with Crippen molar-refractivity contribution in [3.8, 4) is 5.75 Å². The van der Waals surface area contributed by atoms with Crippen molar-refractivity contribution in [3.05, 3.63) is 29.8 Å². The third kappa shape index (κ3) is 4.23. The number of aliphatic hydroxyl groups is 1. The molecule has 4 nitrogen and oxygen atoms in total. The molecule has 1 aliphatic rings. The average Bonchev–Trinajstić information content (AvgIpc) is 2.94. The van der Waals surface area contributed by atoms with E-state index in [9.17, 15) is 9.90 Å². The lowest BCUT2D eigenvalue weighted by molar-refractivity contribution is -0.136. The van der Waals surface area contributed by atoms with E-state index in [-0.39, 0.29) is 24.0 Å². The van der Waals surface area contributed by atoms with Gasteiger partial charge in [0.1, 0.15) is 5.75 Å². The van der Waals surface area contributed by atoms with Crippen LogP contribution in [0.1, 0.15) is 38.7 Å². The van der Waals surface area contributed by atoms with Gasteiger partial charge in [-0.05, 0) is 50.3 Å². The molecule has 1 heterocycles. The van der Waals surface area contributed by atoms with Crippen molar-refractivity contribution in [2.75, 3.05) is 13.7 Å². The van der Waals surface area contributed by atoms with Gasteiger partial charge in [0.25, 0.3) is 0 Å². The highest BCUT2D eigenvalue weighted by Crippen LogP contribution is 2.25. The summed E-state index contributed by atoms with van der Waals surface area (Å²) in [5.41, 5.74) is 1.15. The molecule has 0 aromatic heterocycles. The summed E-state index contributed by atoms with van der Waals surface area (Å²) >= 11 is 0. The van der Waals surface area contributed by atoms with Crippen LogP contribution < -0.4 is 4.74 Å². The highest BCUT2D eigenvalue weighted by molar-refractivity contribution is 5.79. The molecular weight excluding hydrogens is 278 g/mol. The standard InChI is InChI=1S/C18H27NO3/c1-13(11-15-6-8-17(22-3)9-7-15)18(21)19-10-4-5-16(19)12-14(2)20/h6-9,13-14,16,20H,4-5,10-12H2,1-3H3. The minimum Gasteiger partial charge on any atom is -0.497 e.